The van der Waals surface area contributed by atoms with E-state index in [0.29, 0.717) is 25.6 Å². The minimum atomic E-state index is -3.02. The molecule has 1 aliphatic heterocycles. The summed E-state index contributed by atoms with van der Waals surface area (Å²) < 4.78 is 30.5. The minimum Gasteiger partial charge on any atom is -0.472 e. The zero-order valence-electron chi connectivity index (χ0n) is 11.3. The van der Waals surface area contributed by atoms with Crippen LogP contribution in [0.15, 0.2) is 23.0 Å². The van der Waals surface area contributed by atoms with Crippen LogP contribution in [0.2, 0.25) is 0 Å². The summed E-state index contributed by atoms with van der Waals surface area (Å²) in [6.07, 6.45) is 5.83. The second-order valence-electron chi connectivity index (χ2n) is 5.00. The van der Waals surface area contributed by atoms with Crippen molar-refractivity contribution < 1.29 is 12.8 Å². The molecule has 2 rings (SSSR count). The van der Waals surface area contributed by atoms with Gasteiger partial charge >= 0.3 is 0 Å². The molecule has 0 radical (unpaired) electrons. The van der Waals surface area contributed by atoms with Crippen LogP contribution in [0.4, 0.5) is 0 Å². The van der Waals surface area contributed by atoms with Gasteiger partial charge in [0, 0.05) is 31.2 Å². The molecule has 0 atom stereocenters. The molecule has 1 N–H and O–H groups in total. The average Bonchev–Trinajstić information content (AvgIpc) is 2.90. The summed E-state index contributed by atoms with van der Waals surface area (Å²) in [5, 5.41) is 3.45. The fraction of sp³-hybridized carbons (Fsp3) is 0.692. The Balaban J connectivity index is 1.76. The van der Waals surface area contributed by atoms with Gasteiger partial charge in [-0.05, 0) is 25.3 Å². The van der Waals surface area contributed by atoms with Gasteiger partial charge in [0.25, 0.3) is 0 Å². The Kier molecular flexibility index (Phi) is 5.01. The first kappa shape index (κ1) is 14.6. The van der Waals surface area contributed by atoms with E-state index in [0.717, 1.165) is 24.9 Å². The first-order valence-corrected chi connectivity index (χ1v) is 8.45. The topological polar surface area (TPSA) is 62.6 Å². The van der Waals surface area contributed by atoms with E-state index in [1.165, 1.54) is 0 Å². The molecule has 108 valence electrons. The molecule has 2 heterocycles. The summed E-state index contributed by atoms with van der Waals surface area (Å²) in [4.78, 5) is 0. The number of hydrogen-bond donors (Lipinski definition) is 1. The number of nitrogens with one attached hydrogen (secondary N) is 1. The zero-order valence-corrected chi connectivity index (χ0v) is 12.2. The van der Waals surface area contributed by atoms with Crippen molar-refractivity contribution >= 4 is 10.0 Å². The van der Waals surface area contributed by atoms with Gasteiger partial charge in [0.05, 0.1) is 18.3 Å². The number of hydrogen-bond acceptors (Lipinski definition) is 4. The summed E-state index contributed by atoms with van der Waals surface area (Å²) in [6.45, 7) is 3.94. The Hall–Kier alpha value is -0.850. The van der Waals surface area contributed by atoms with Crippen LogP contribution in [-0.2, 0) is 16.6 Å². The van der Waals surface area contributed by atoms with E-state index in [2.05, 4.69) is 5.32 Å². The predicted octanol–water partition coefficient (Wildman–Crippen LogP) is 1.57. The van der Waals surface area contributed by atoms with E-state index in [4.69, 9.17) is 4.42 Å². The van der Waals surface area contributed by atoms with Gasteiger partial charge in [0.2, 0.25) is 10.0 Å². The number of rotatable bonds is 6. The van der Waals surface area contributed by atoms with Crippen molar-refractivity contribution in [3.8, 4) is 0 Å². The van der Waals surface area contributed by atoms with Gasteiger partial charge in [-0.25, -0.2) is 12.7 Å². The van der Waals surface area contributed by atoms with Crippen LogP contribution in [-0.4, -0.2) is 37.6 Å². The van der Waals surface area contributed by atoms with Crippen molar-refractivity contribution in [1.29, 1.82) is 0 Å². The van der Waals surface area contributed by atoms with Crippen molar-refractivity contribution in [1.82, 2.24) is 9.62 Å². The third-order valence-corrected chi connectivity index (χ3v) is 5.56. The smallest absolute Gasteiger partial charge is 0.214 e. The maximum absolute atomic E-state index is 11.9. The first-order chi connectivity index (χ1) is 9.12. The van der Waals surface area contributed by atoms with E-state index in [9.17, 15) is 8.42 Å². The summed E-state index contributed by atoms with van der Waals surface area (Å²) in [7, 11) is -3.02. The highest BCUT2D eigenvalue weighted by Crippen LogP contribution is 2.15. The minimum absolute atomic E-state index is 0.264. The van der Waals surface area contributed by atoms with Crippen molar-refractivity contribution in [2.24, 2.45) is 0 Å². The quantitative estimate of drug-likeness (QED) is 0.862. The van der Waals surface area contributed by atoms with Crippen LogP contribution in [0, 0.1) is 0 Å². The van der Waals surface area contributed by atoms with Crippen LogP contribution < -0.4 is 5.32 Å². The monoisotopic (exact) mass is 286 g/mol. The van der Waals surface area contributed by atoms with Crippen LogP contribution in [0.25, 0.3) is 0 Å². The third-order valence-electron chi connectivity index (χ3n) is 3.48. The second kappa shape index (κ2) is 6.54. The highest BCUT2D eigenvalue weighted by molar-refractivity contribution is 7.89. The van der Waals surface area contributed by atoms with E-state index in [1.54, 1.807) is 16.8 Å². The van der Waals surface area contributed by atoms with E-state index < -0.39 is 10.0 Å². The zero-order chi connectivity index (χ0) is 13.7. The van der Waals surface area contributed by atoms with Crippen molar-refractivity contribution in [2.75, 3.05) is 18.8 Å². The molecule has 0 spiro atoms. The Bertz CT molecular complexity index is 462. The molecular formula is C13H22N2O3S. The fourth-order valence-electron chi connectivity index (χ4n) is 2.38. The van der Waals surface area contributed by atoms with Gasteiger partial charge in [-0.3, -0.25) is 0 Å². The van der Waals surface area contributed by atoms with Crippen LogP contribution in [0.3, 0.4) is 0 Å². The van der Waals surface area contributed by atoms with E-state index in [-0.39, 0.29) is 5.75 Å². The molecule has 0 unspecified atom stereocenters. The molecule has 19 heavy (non-hydrogen) atoms. The Labute approximate surface area is 115 Å². The second-order valence-corrected chi connectivity index (χ2v) is 7.09. The fourth-order valence-corrected chi connectivity index (χ4v) is 3.92. The number of sulfonamides is 1. The Morgan fingerprint density at radius 2 is 2.16 bits per heavy atom. The van der Waals surface area contributed by atoms with Crippen LogP contribution in [0.5, 0.6) is 0 Å². The average molecular weight is 286 g/mol. The Morgan fingerprint density at radius 1 is 1.42 bits per heavy atom. The van der Waals surface area contributed by atoms with Gasteiger partial charge in [0.15, 0.2) is 0 Å². The Morgan fingerprint density at radius 3 is 2.74 bits per heavy atom. The number of piperidine rings is 1. The maximum atomic E-state index is 11.9. The van der Waals surface area contributed by atoms with Gasteiger partial charge in [-0.15, -0.1) is 0 Å². The normalized spacial score (nSPS) is 18.8. The summed E-state index contributed by atoms with van der Waals surface area (Å²) in [5.74, 6) is 0.264. The molecule has 1 aliphatic rings. The predicted molar refractivity (Wildman–Crippen MR) is 74.2 cm³/mol. The van der Waals surface area contributed by atoms with Crippen molar-refractivity contribution in [2.45, 2.75) is 38.8 Å². The van der Waals surface area contributed by atoms with Gasteiger partial charge < -0.3 is 9.73 Å². The number of furan rings is 1. The highest BCUT2D eigenvalue weighted by atomic mass is 32.2. The summed E-state index contributed by atoms with van der Waals surface area (Å²) >= 11 is 0. The molecule has 5 nitrogen and oxygen atoms in total. The lowest BCUT2D eigenvalue weighted by atomic mass is 10.1. The standard InChI is InChI=1S/C13H22N2O3S/c1-2-9-19(16,17)15-6-3-13(4-7-15)14-10-12-5-8-18-11-12/h5,8,11,13-14H,2-4,6-7,9-10H2,1H3. The molecule has 0 aliphatic carbocycles. The summed E-state index contributed by atoms with van der Waals surface area (Å²) in [6, 6.07) is 2.33. The van der Waals surface area contributed by atoms with Crippen LogP contribution in [0.1, 0.15) is 31.7 Å². The molecule has 0 amide bonds. The van der Waals surface area contributed by atoms with Gasteiger partial charge in [-0.1, -0.05) is 6.92 Å². The third kappa shape index (κ3) is 4.06. The lowest BCUT2D eigenvalue weighted by molar-refractivity contribution is 0.288. The van der Waals surface area contributed by atoms with Crippen LogP contribution >= 0.6 is 0 Å². The molecule has 0 bridgehead atoms. The SMILES string of the molecule is CCCS(=O)(=O)N1CCC(NCc2ccoc2)CC1. The van der Waals surface area contributed by atoms with E-state index in [1.807, 2.05) is 13.0 Å². The number of nitrogens with zero attached hydrogens (tertiary/aromatic N) is 1. The lowest BCUT2D eigenvalue weighted by Crippen LogP contribution is -2.45. The molecule has 0 saturated carbocycles. The highest BCUT2D eigenvalue weighted by Gasteiger charge is 2.26. The van der Waals surface area contributed by atoms with Crippen molar-refractivity contribution in [3.63, 3.8) is 0 Å². The van der Waals surface area contributed by atoms with Gasteiger partial charge in [-0.2, -0.15) is 0 Å². The van der Waals surface area contributed by atoms with E-state index >= 15 is 0 Å². The summed E-state index contributed by atoms with van der Waals surface area (Å²) in [5.41, 5.74) is 1.13. The molecule has 1 saturated heterocycles. The maximum Gasteiger partial charge on any atom is 0.214 e. The largest absolute Gasteiger partial charge is 0.472 e. The molecule has 1 aromatic heterocycles. The molecule has 0 aromatic carbocycles. The van der Waals surface area contributed by atoms with Crippen molar-refractivity contribution in [3.05, 3.63) is 24.2 Å². The molecule has 6 heteroatoms. The lowest BCUT2D eigenvalue weighted by Gasteiger charge is -2.31. The molecule has 1 aromatic rings. The van der Waals surface area contributed by atoms with Gasteiger partial charge in [0.1, 0.15) is 0 Å². The molecule has 1 fully saturated rings. The molecular weight excluding hydrogens is 264 g/mol. The first-order valence-electron chi connectivity index (χ1n) is 6.84.